The van der Waals surface area contributed by atoms with E-state index in [1.54, 1.807) is 19.1 Å². The van der Waals surface area contributed by atoms with Crippen molar-refractivity contribution in [1.82, 2.24) is 4.90 Å². The normalized spacial score (nSPS) is 12.5. The summed E-state index contributed by atoms with van der Waals surface area (Å²) in [5, 5.41) is 0. The summed E-state index contributed by atoms with van der Waals surface area (Å²) in [6.45, 7) is 6.72. The molecule has 0 aliphatic heterocycles. The van der Waals surface area contributed by atoms with E-state index in [-0.39, 0.29) is 18.6 Å². The Kier molecular flexibility index (Phi) is 8.33. The summed E-state index contributed by atoms with van der Waals surface area (Å²) in [7, 11) is 3.36. The van der Waals surface area contributed by atoms with Crippen molar-refractivity contribution in [3.63, 3.8) is 0 Å². The van der Waals surface area contributed by atoms with Crippen molar-refractivity contribution in [1.29, 1.82) is 0 Å². The third-order valence-corrected chi connectivity index (χ3v) is 3.98. The van der Waals surface area contributed by atoms with Crippen molar-refractivity contribution >= 4 is 12.0 Å². The highest BCUT2D eigenvalue weighted by atomic mass is 16.5. The van der Waals surface area contributed by atoms with Gasteiger partial charge in [0.15, 0.2) is 18.1 Å². The number of allylic oxidation sites excluding steroid dienone is 1. The SMILES string of the molecule is C/C=C/c1ccc(OCC(=O)N(C)CCC(N)C(C)C)c(OC)c1. The van der Waals surface area contributed by atoms with Crippen molar-refractivity contribution in [2.45, 2.75) is 33.2 Å². The van der Waals surface area contributed by atoms with Gasteiger partial charge in [-0.3, -0.25) is 4.79 Å². The zero-order valence-electron chi connectivity index (χ0n) is 15.4. The molecular formula is C19H30N2O3. The standard InChI is InChI=1S/C19H30N2O3/c1-6-7-15-8-9-17(18(12-15)23-5)24-13-19(22)21(4)11-10-16(20)14(2)3/h6-9,12,14,16H,10-11,13,20H2,1-5H3/b7-6+. The number of nitrogens with two attached hydrogens (primary N) is 1. The number of amides is 1. The second-order valence-corrected chi connectivity index (χ2v) is 6.21. The molecule has 0 saturated carbocycles. The first-order valence-corrected chi connectivity index (χ1v) is 8.32. The lowest BCUT2D eigenvalue weighted by Gasteiger charge is -2.22. The molecule has 5 heteroatoms. The number of rotatable bonds is 9. The molecule has 2 N–H and O–H groups in total. The number of ether oxygens (including phenoxy) is 2. The fourth-order valence-corrected chi connectivity index (χ4v) is 2.15. The minimum Gasteiger partial charge on any atom is -0.493 e. The van der Waals surface area contributed by atoms with Crippen LogP contribution in [0.3, 0.4) is 0 Å². The minimum absolute atomic E-state index is 0.0211. The van der Waals surface area contributed by atoms with Gasteiger partial charge in [0.05, 0.1) is 7.11 Å². The van der Waals surface area contributed by atoms with Crippen molar-refractivity contribution < 1.29 is 14.3 Å². The molecule has 24 heavy (non-hydrogen) atoms. The van der Waals surface area contributed by atoms with Crippen molar-refractivity contribution in [2.75, 3.05) is 27.3 Å². The van der Waals surface area contributed by atoms with Crippen molar-refractivity contribution in [2.24, 2.45) is 11.7 Å². The van der Waals surface area contributed by atoms with Crippen LogP contribution < -0.4 is 15.2 Å². The summed E-state index contributed by atoms with van der Waals surface area (Å²) < 4.78 is 11.0. The molecule has 1 amide bonds. The van der Waals surface area contributed by atoms with E-state index in [1.807, 2.05) is 37.3 Å². The number of hydrogen-bond donors (Lipinski definition) is 1. The summed E-state index contributed by atoms with van der Waals surface area (Å²) in [4.78, 5) is 13.8. The quantitative estimate of drug-likeness (QED) is 0.754. The van der Waals surface area contributed by atoms with Gasteiger partial charge in [0.2, 0.25) is 0 Å². The monoisotopic (exact) mass is 334 g/mol. The number of benzene rings is 1. The second kappa shape index (κ2) is 9.98. The zero-order valence-corrected chi connectivity index (χ0v) is 15.4. The van der Waals surface area contributed by atoms with Crippen LogP contribution in [-0.2, 0) is 4.79 Å². The summed E-state index contributed by atoms with van der Waals surface area (Å²) in [5.74, 6) is 1.50. The van der Waals surface area contributed by atoms with Gasteiger partial charge in [-0.15, -0.1) is 0 Å². The van der Waals surface area contributed by atoms with Crippen LogP contribution in [0.1, 0.15) is 32.8 Å². The lowest BCUT2D eigenvalue weighted by atomic mass is 10.0. The van der Waals surface area contributed by atoms with Gasteiger partial charge in [-0.05, 0) is 37.0 Å². The van der Waals surface area contributed by atoms with Gasteiger partial charge in [0.1, 0.15) is 0 Å². The number of carbonyl (C=O) groups is 1. The highest BCUT2D eigenvalue weighted by Gasteiger charge is 2.14. The molecule has 1 rings (SSSR count). The van der Waals surface area contributed by atoms with Gasteiger partial charge >= 0.3 is 0 Å². The molecule has 0 fully saturated rings. The molecule has 0 radical (unpaired) electrons. The van der Waals surface area contributed by atoms with Gasteiger partial charge in [0, 0.05) is 19.6 Å². The average molecular weight is 334 g/mol. The molecule has 0 aliphatic rings. The number of methoxy groups -OCH3 is 1. The smallest absolute Gasteiger partial charge is 0.260 e. The second-order valence-electron chi connectivity index (χ2n) is 6.21. The molecular weight excluding hydrogens is 304 g/mol. The topological polar surface area (TPSA) is 64.8 Å². The lowest BCUT2D eigenvalue weighted by molar-refractivity contribution is -0.132. The van der Waals surface area contributed by atoms with Gasteiger partial charge < -0.3 is 20.1 Å². The highest BCUT2D eigenvalue weighted by Crippen LogP contribution is 2.28. The van der Waals surface area contributed by atoms with E-state index in [0.29, 0.717) is 24.0 Å². The summed E-state index contributed by atoms with van der Waals surface area (Å²) in [5.41, 5.74) is 7.04. The molecule has 1 unspecified atom stereocenters. The molecule has 0 aromatic heterocycles. The predicted octanol–water partition coefficient (Wildman–Crippen LogP) is 2.94. The largest absolute Gasteiger partial charge is 0.493 e. The maximum absolute atomic E-state index is 12.2. The molecule has 1 aromatic rings. The Hall–Kier alpha value is -2.01. The van der Waals surface area contributed by atoms with Gasteiger partial charge in [0.25, 0.3) is 5.91 Å². The van der Waals surface area contributed by atoms with E-state index < -0.39 is 0 Å². The Morgan fingerprint density at radius 2 is 2.04 bits per heavy atom. The summed E-state index contributed by atoms with van der Waals surface area (Å²) in [6, 6.07) is 5.72. The minimum atomic E-state index is -0.0782. The molecule has 0 aliphatic carbocycles. The number of carbonyl (C=O) groups excluding carboxylic acids is 1. The highest BCUT2D eigenvalue weighted by molar-refractivity contribution is 5.77. The van der Waals surface area contributed by atoms with Crippen LogP contribution in [0.2, 0.25) is 0 Å². The molecule has 0 saturated heterocycles. The summed E-state index contributed by atoms with van der Waals surface area (Å²) in [6.07, 6.45) is 4.71. The number of hydrogen-bond acceptors (Lipinski definition) is 4. The number of likely N-dealkylation sites (N-methyl/N-ethyl adjacent to an activating group) is 1. The Morgan fingerprint density at radius 3 is 2.62 bits per heavy atom. The Balaban J connectivity index is 2.57. The van der Waals surface area contributed by atoms with Crippen LogP contribution in [-0.4, -0.2) is 44.2 Å². The van der Waals surface area contributed by atoms with Crippen molar-refractivity contribution in [3.8, 4) is 11.5 Å². The van der Waals surface area contributed by atoms with Gasteiger partial charge in [-0.25, -0.2) is 0 Å². The molecule has 0 heterocycles. The van der Waals surface area contributed by atoms with Crippen molar-refractivity contribution in [3.05, 3.63) is 29.8 Å². The number of nitrogens with zero attached hydrogens (tertiary/aromatic N) is 1. The van der Waals surface area contributed by atoms with E-state index in [2.05, 4.69) is 13.8 Å². The third kappa shape index (κ3) is 6.24. The molecule has 1 aromatic carbocycles. The van der Waals surface area contributed by atoms with E-state index >= 15 is 0 Å². The Bertz CT molecular complexity index is 556. The van der Waals surface area contributed by atoms with E-state index in [0.717, 1.165) is 12.0 Å². The first kappa shape index (κ1) is 20.0. The van der Waals surface area contributed by atoms with E-state index in [4.69, 9.17) is 15.2 Å². The lowest BCUT2D eigenvalue weighted by Crippen LogP contribution is -2.36. The zero-order chi connectivity index (χ0) is 18.1. The van der Waals surface area contributed by atoms with Crippen LogP contribution >= 0.6 is 0 Å². The molecule has 1 atom stereocenters. The van der Waals surface area contributed by atoms with Crippen LogP contribution in [0, 0.1) is 5.92 Å². The van der Waals surface area contributed by atoms with Crippen LogP contribution in [0.5, 0.6) is 11.5 Å². The van der Waals surface area contributed by atoms with Gasteiger partial charge in [-0.2, -0.15) is 0 Å². The molecule has 0 bridgehead atoms. The van der Waals surface area contributed by atoms with Crippen LogP contribution in [0.4, 0.5) is 0 Å². The van der Waals surface area contributed by atoms with E-state index in [1.165, 1.54) is 0 Å². The first-order valence-electron chi connectivity index (χ1n) is 8.32. The Morgan fingerprint density at radius 1 is 1.33 bits per heavy atom. The maximum Gasteiger partial charge on any atom is 0.260 e. The molecule has 5 nitrogen and oxygen atoms in total. The third-order valence-electron chi connectivity index (χ3n) is 3.98. The first-order chi connectivity index (χ1) is 11.4. The molecule has 134 valence electrons. The van der Waals surface area contributed by atoms with Gasteiger partial charge in [-0.1, -0.05) is 32.1 Å². The molecule has 0 spiro atoms. The summed E-state index contributed by atoms with van der Waals surface area (Å²) >= 11 is 0. The maximum atomic E-state index is 12.2. The average Bonchev–Trinajstić information content (AvgIpc) is 2.57. The Labute approximate surface area is 145 Å². The fraction of sp³-hybridized carbons (Fsp3) is 0.526. The van der Waals surface area contributed by atoms with Crippen LogP contribution in [0.25, 0.3) is 6.08 Å². The predicted molar refractivity (Wildman–Crippen MR) is 98.3 cm³/mol. The van der Waals surface area contributed by atoms with E-state index in [9.17, 15) is 4.79 Å². The van der Waals surface area contributed by atoms with Crippen LogP contribution in [0.15, 0.2) is 24.3 Å². The fourth-order valence-electron chi connectivity index (χ4n) is 2.15.